The summed E-state index contributed by atoms with van der Waals surface area (Å²) in [6, 6.07) is 9.11. The maximum absolute atomic E-state index is 5.99. The predicted octanol–water partition coefficient (Wildman–Crippen LogP) is 2.96. The molecule has 0 radical (unpaired) electrons. The summed E-state index contributed by atoms with van der Waals surface area (Å²) >= 11 is 0. The third kappa shape index (κ3) is 2.76. The molecule has 3 heteroatoms. The predicted molar refractivity (Wildman–Crippen MR) is 81.1 cm³/mol. The molecule has 3 nitrogen and oxygen atoms in total. The van der Waals surface area contributed by atoms with Gasteiger partial charge < -0.3 is 4.74 Å². The molecule has 2 saturated heterocycles. The van der Waals surface area contributed by atoms with Crippen LogP contribution in [-0.4, -0.2) is 12.2 Å². The molecule has 0 saturated carbocycles. The van der Waals surface area contributed by atoms with Crippen LogP contribution in [0.25, 0.3) is 0 Å². The van der Waals surface area contributed by atoms with Crippen molar-refractivity contribution in [3.63, 3.8) is 0 Å². The Bertz CT molecular complexity index is 460. The lowest BCUT2D eigenvalue weighted by Gasteiger charge is -2.28. The summed E-state index contributed by atoms with van der Waals surface area (Å²) in [4.78, 5) is 0. The largest absolute Gasteiger partial charge is 0.375 e. The normalized spacial score (nSPS) is 30.1. The van der Waals surface area contributed by atoms with Gasteiger partial charge in [0.15, 0.2) is 0 Å². The van der Waals surface area contributed by atoms with Crippen LogP contribution in [0.4, 0.5) is 0 Å². The number of rotatable bonds is 5. The fourth-order valence-electron chi connectivity index (χ4n) is 3.88. The second-order valence-corrected chi connectivity index (χ2v) is 6.76. The van der Waals surface area contributed by atoms with Crippen molar-refractivity contribution in [2.45, 2.75) is 57.8 Å². The lowest BCUT2D eigenvalue weighted by Crippen LogP contribution is -2.37. The fourth-order valence-corrected chi connectivity index (χ4v) is 3.88. The summed E-state index contributed by atoms with van der Waals surface area (Å²) in [7, 11) is 0. The minimum absolute atomic E-state index is 0.220. The standard InChI is InChI=1S/C17H26N2O/c1-11(2)8-12-4-3-5-13(9-12)17(19-18)15-10-14-6-7-16(15)20-14/h3-5,9,11,14-17,19H,6-8,10,18H2,1-2H3. The molecule has 2 bridgehead atoms. The molecule has 110 valence electrons. The first-order valence-electron chi connectivity index (χ1n) is 7.87. The minimum atomic E-state index is 0.220. The molecule has 1 aromatic rings. The number of nitrogens with one attached hydrogen (secondary N) is 1. The molecule has 20 heavy (non-hydrogen) atoms. The molecular weight excluding hydrogens is 248 g/mol. The van der Waals surface area contributed by atoms with Crippen molar-refractivity contribution in [1.82, 2.24) is 5.43 Å². The van der Waals surface area contributed by atoms with Gasteiger partial charge in [-0.2, -0.15) is 0 Å². The zero-order chi connectivity index (χ0) is 14.1. The maximum atomic E-state index is 5.99. The van der Waals surface area contributed by atoms with Crippen LogP contribution in [0.15, 0.2) is 24.3 Å². The van der Waals surface area contributed by atoms with Crippen LogP contribution in [0.2, 0.25) is 0 Å². The van der Waals surface area contributed by atoms with Crippen molar-refractivity contribution < 1.29 is 4.74 Å². The van der Waals surface area contributed by atoms with Gasteiger partial charge in [0.1, 0.15) is 0 Å². The number of nitrogens with two attached hydrogens (primary N) is 1. The number of ether oxygens (including phenoxy) is 1. The first-order chi connectivity index (χ1) is 9.67. The lowest BCUT2D eigenvalue weighted by molar-refractivity contribution is 0.0856. The van der Waals surface area contributed by atoms with E-state index in [1.807, 2.05) is 0 Å². The Morgan fingerprint density at radius 1 is 1.35 bits per heavy atom. The van der Waals surface area contributed by atoms with Gasteiger partial charge in [-0.15, -0.1) is 0 Å². The van der Waals surface area contributed by atoms with Gasteiger partial charge in [0.05, 0.1) is 18.2 Å². The van der Waals surface area contributed by atoms with E-state index in [2.05, 4.69) is 43.5 Å². The number of fused-ring (bicyclic) bond motifs is 2. The van der Waals surface area contributed by atoms with Crippen LogP contribution < -0.4 is 11.3 Å². The second kappa shape index (κ2) is 5.84. The average molecular weight is 274 g/mol. The second-order valence-electron chi connectivity index (χ2n) is 6.76. The molecule has 0 aromatic heterocycles. The van der Waals surface area contributed by atoms with E-state index in [0.717, 1.165) is 12.8 Å². The van der Waals surface area contributed by atoms with Crippen molar-refractivity contribution in [3.05, 3.63) is 35.4 Å². The molecule has 4 unspecified atom stereocenters. The van der Waals surface area contributed by atoms with Gasteiger partial charge in [0, 0.05) is 5.92 Å². The Morgan fingerprint density at radius 2 is 2.20 bits per heavy atom. The highest BCUT2D eigenvalue weighted by Gasteiger charge is 2.44. The number of hydrazine groups is 1. The summed E-state index contributed by atoms with van der Waals surface area (Å²) in [5, 5.41) is 0. The molecule has 2 fully saturated rings. The topological polar surface area (TPSA) is 47.3 Å². The SMILES string of the molecule is CC(C)Cc1cccc(C(NN)C2CC3CCC2O3)c1. The number of hydrogen-bond acceptors (Lipinski definition) is 3. The van der Waals surface area contributed by atoms with E-state index < -0.39 is 0 Å². The Balaban J connectivity index is 1.79. The monoisotopic (exact) mass is 274 g/mol. The van der Waals surface area contributed by atoms with Crippen LogP contribution in [0.1, 0.15) is 50.3 Å². The summed E-state index contributed by atoms with van der Waals surface area (Å²) in [6.45, 7) is 4.52. The zero-order valence-corrected chi connectivity index (χ0v) is 12.5. The van der Waals surface area contributed by atoms with Crippen molar-refractivity contribution >= 4 is 0 Å². The summed E-state index contributed by atoms with van der Waals surface area (Å²) in [5.41, 5.74) is 5.76. The van der Waals surface area contributed by atoms with E-state index in [-0.39, 0.29) is 6.04 Å². The molecule has 3 N–H and O–H groups in total. The Labute approximate surface area is 121 Å². The van der Waals surface area contributed by atoms with Crippen molar-refractivity contribution in [2.24, 2.45) is 17.7 Å². The zero-order valence-electron chi connectivity index (χ0n) is 12.5. The highest BCUT2D eigenvalue weighted by Crippen LogP contribution is 2.44. The Hall–Kier alpha value is -0.900. The van der Waals surface area contributed by atoms with E-state index in [1.54, 1.807) is 0 Å². The maximum Gasteiger partial charge on any atom is 0.0627 e. The van der Waals surface area contributed by atoms with E-state index >= 15 is 0 Å². The quantitative estimate of drug-likeness (QED) is 0.641. The fraction of sp³-hybridized carbons (Fsp3) is 0.647. The number of hydrogen-bond donors (Lipinski definition) is 2. The van der Waals surface area contributed by atoms with E-state index in [0.29, 0.717) is 24.0 Å². The third-order valence-corrected chi connectivity index (χ3v) is 4.71. The summed E-state index contributed by atoms with van der Waals surface area (Å²) < 4.78 is 5.99. The first-order valence-corrected chi connectivity index (χ1v) is 7.87. The van der Waals surface area contributed by atoms with E-state index in [1.165, 1.54) is 24.0 Å². The molecule has 0 amide bonds. The van der Waals surface area contributed by atoms with Crippen LogP contribution in [0.5, 0.6) is 0 Å². The molecule has 4 atom stereocenters. The van der Waals surface area contributed by atoms with Gasteiger partial charge in [-0.3, -0.25) is 11.3 Å². The van der Waals surface area contributed by atoms with Crippen LogP contribution >= 0.6 is 0 Å². The van der Waals surface area contributed by atoms with Gasteiger partial charge in [-0.1, -0.05) is 38.1 Å². The molecule has 0 spiro atoms. The smallest absolute Gasteiger partial charge is 0.0627 e. The van der Waals surface area contributed by atoms with Crippen molar-refractivity contribution in [3.8, 4) is 0 Å². The summed E-state index contributed by atoms with van der Waals surface area (Å²) in [6.07, 6.45) is 5.56. The summed E-state index contributed by atoms with van der Waals surface area (Å²) in [5.74, 6) is 7.06. The molecule has 3 rings (SSSR count). The number of benzene rings is 1. The Kier molecular flexibility index (Phi) is 4.11. The van der Waals surface area contributed by atoms with Gasteiger partial charge >= 0.3 is 0 Å². The molecule has 2 heterocycles. The highest BCUT2D eigenvalue weighted by molar-refractivity contribution is 5.27. The average Bonchev–Trinajstić information content (AvgIpc) is 3.02. The van der Waals surface area contributed by atoms with Gasteiger partial charge in [-0.25, -0.2) is 0 Å². The van der Waals surface area contributed by atoms with Gasteiger partial charge in [0.2, 0.25) is 0 Å². The van der Waals surface area contributed by atoms with Gasteiger partial charge in [0.25, 0.3) is 0 Å². The Morgan fingerprint density at radius 3 is 2.80 bits per heavy atom. The molecular formula is C17H26N2O. The first kappa shape index (κ1) is 14.1. The molecule has 1 aromatic carbocycles. The lowest BCUT2D eigenvalue weighted by atomic mass is 9.81. The van der Waals surface area contributed by atoms with Crippen molar-refractivity contribution in [2.75, 3.05) is 0 Å². The van der Waals surface area contributed by atoms with Gasteiger partial charge in [-0.05, 0) is 42.7 Å². The van der Waals surface area contributed by atoms with E-state index in [9.17, 15) is 0 Å². The van der Waals surface area contributed by atoms with Crippen LogP contribution in [-0.2, 0) is 11.2 Å². The van der Waals surface area contributed by atoms with E-state index in [4.69, 9.17) is 10.6 Å². The highest BCUT2D eigenvalue weighted by atomic mass is 16.5. The minimum Gasteiger partial charge on any atom is -0.375 e. The van der Waals surface area contributed by atoms with Crippen LogP contribution in [0.3, 0.4) is 0 Å². The molecule has 2 aliphatic heterocycles. The molecule has 0 aliphatic carbocycles. The molecule has 2 aliphatic rings. The van der Waals surface area contributed by atoms with Crippen molar-refractivity contribution in [1.29, 1.82) is 0 Å². The van der Waals surface area contributed by atoms with Crippen LogP contribution in [0, 0.1) is 11.8 Å². The third-order valence-electron chi connectivity index (χ3n) is 4.71.